The largest absolute Gasteiger partial charge is 0.417 e. The molecule has 3 aromatic rings. The highest BCUT2D eigenvalue weighted by Crippen LogP contribution is 2.40. The Balaban J connectivity index is 1.90. The number of nitrogens with two attached hydrogens (primary N) is 1. The summed E-state index contributed by atoms with van der Waals surface area (Å²) in [6.45, 7) is 1.81. The molecule has 2 aromatic heterocycles. The van der Waals surface area contributed by atoms with Gasteiger partial charge < -0.3 is 5.73 Å². The highest BCUT2D eigenvalue weighted by atomic mass is 35.5. The molecule has 2 heterocycles. The summed E-state index contributed by atoms with van der Waals surface area (Å²) in [7, 11) is 1.65. The zero-order valence-corrected chi connectivity index (χ0v) is 16.6. The third-order valence-corrected chi connectivity index (χ3v) is 5.78. The molecule has 29 heavy (non-hydrogen) atoms. The first-order valence-electron chi connectivity index (χ1n) is 9.19. The van der Waals surface area contributed by atoms with Gasteiger partial charge in [0.2, 0.25) is 0 Å². The third-order valence-electron chi connectivity index (χ3n) is 5.47. The maximum atomic E-state index is 13.1. The fourth-order valence-corrected chi connectivity index (χ4v) is 4.03. The van der Waals surface area contributed by atoms with Gasteiger partial charge in [0.25, 0.3) is 5.56 Å². The molecule has 154 valence electrons. The Morgan fingerprint density at radius 2 is 2.00 bits per heavy atom. The first kappa shape index (κ1) is 19.9. The van der Waals surface area contributed by atoms with E-state index in [1.807, 2.05) is 6.92 Å². The normalized spacial score (nSPS) is 16.9. The summed E-state index contributed by atoms with van der Waals surface area (Å²) in [6, 6.07) is 3.56. The van der Waals surface area contributed by atoms with Crippen LogP contribution in [-0.2, 0) is 18.8 Å². The predicted octanol–water partition coefficient (Wildman–Crippen LogP) is 3.75. The zero-order valence-electron chi connectivity index (χ0n) is 15.8. The number of halogens is 4. The molecule has 1 saturated carbocycles. The first-order chi connectivity index (χ1) is 13.6. The van der Waals surface area contributed by atoms with Crippen molar-refractivity contribution in [3.63, 3.8) is 0 Å². The van der Waals surface area contributed by atoms with Gasteiger partial charge in [0.1, 0.15) is 0 Å². The number of aromatic nitrogens is 4. The molecule has 0 spiro atoms. The van der Waals surface area contributed by atoms with Crippen molar-refractivity contribution in [3.8, 4) is 0 Å². The Kier molecular flexibility index (Phi) is 4.51. The van der Waals surface area contributed by atoms with E-state index in [2.05, 4.69) is 10.2 Å². The van der Waals surface area contributed by atoms with Gasteiger partial charge in [0.05, 0.1) is 39.4 Å². The van der Waals surface area contributed by atoms with Gasteiger partial charge in [-0.3, -0.25) is 9.48 Å². The van der Waals surface area contributed by atoms with Gasteiger partial charge in [-0.05, 0) is 37.0 Å². The summed E-state index contributed by atoms with van der Waals surface area (Å²) in [4.78, 5) is 12.8. The summed E-state index contributed by atoms with van der Waals surface area (Å²) >= 11 is 5.92. The summed E-state index contributed by atoms with van der Waals surface area (Å²) in [5, 5.41) is 8.67. The number of aryl methyl sites for hydroxylation is 1. The lowest BCUT2D eigenvalue weighted by Crippen LogP contribution is -2.39. The van der Waals surface area contributed by atoms with Crippen molar-refractivity contribution in [2.75, 3.05) is 0 Å². The lowest BCUT2D eigenvalue weighted by molar-refractivity contribution is -0.137. The maximum Gasteiger partial charge on any atom is 0.417 e. The molecule has 1 fully saturated rings. The molecule has 0 amide bonds. The molecule has 0 saturated heterocycles. The van der Waals surface area contributed by atoms with Gasteiger partial charge in [-0.25, -0.2) is 4.68 Å². The maximum absolute atomic E-state index is 13.1. The number of rotatable bonds is 4. The van der Waals surface area contributed by atoms with Gasteiger partial charge in [0, 0.05) is 7.05 Å². The fraction of sp³-hybridized carbons (Fsp3) is 0.421. The van der Waals surface area contributed by atoms with Crippen LogP contribution in [0.5, 0.6) is 0 Å². The fourth-order valence-electron chi connectivity index (χ4n) is 3.74. The van der Waals surface area contributed by atoms with E-state index in [1.54, 1.807) is 13.2 Å². The molecular weight excluding hydrogens is 407 g/mol. The summed E-state index contributed by atoms with van der Waals surface area (Å²) in [5.41, 5.74) is 5.41. The van der Waals surface area contributed by atoms with Crippen LogP contribution in [0.2, 0.25) is 5.02 Å². The van der Waals surface area contributed by atoms with Crippen LogP contribution in [0.4, 0.5) is 13.2 Å². The van der Waals surface area contributed by atoms with Gasteiger partial charge in [-0.15, -0.1) is 0 Å². The molecule has 10 heteroatoms. The van der Waals surface area contributed by atoms with E-state index in [4.69, 9.17) is 17.3 Å². The van der Waals surface area contributed by atoms with Gasteiger partial charge in [-0.1, -0.05) is 24.6 Å². The van der Waals surface area contributed by atoms with Crippen LogP contribution in [0.25, 0.3) is 10.9 Å². The van der Waals surface area contributed by atoms with E-state index in [-0.39, 0.29) is 17.1 Å². The predicted molar refractivity (Wildman–Crippen MR) is 103 cm³/mol. The number of hydrogen-bond donors (Lipinski definition) is 1. The van der Waals surface area contributed by atoms with Crippen molar-refractivity contribution < 1.29 is 13.2 Å². The quantitative estimate of drug-likeness (QED) is 0.690. The molecule has 0 radical (unpaired) electrons. The Labute approximate surface area is 169 Å². The second-order valence-corrected chi connectivity index (χ2v) is 7.78. The molecule has 2 N–H and O–H groups in total. The molecule has 1 aromatic carbocycles. The van der Waals surface area contributed by atoms with Gasteiger partial charge in [-0.2, -0.15) is 23.4 Å². The molecule has 0 bridgehead atoms. The number of fused-ring (bicyclic) bond motifs is 1. The van der Waals surface area contributed by atoms with Crippen LogP contribution >= 0.6 is 11.6 Å². The van der Waals surface area contributed by atoms with Crippen LogP contribution in [0, 0.1) is 0 Å². The van der Waals surface area contributed by atoms with Gasteiger partial charge in [0.15, 0.2) is 5.52 Å². The van der Waals surface area contributed by atoms with Crippen molar-refractivity contribution >= 4 is 22.5 Å². The van der Waals surface area contributed by atoms with Crippen LogP contribution in [0.3, 0.4) is 0 Å². The van der Waals surface area contributed by atoms with Crippen molar-refractivity contribution in [2.45, 2.75) is 43.9 Å². The lowest BCUT2D eigenvalue weighted by Gasteiger charge is -2.30. The van der Waals surface area contributed by atoms with E-state index in [0.29, 0.717) is 23.1 Å². The monoisotopic (exact) mass is 425 g/mol. The second-order valence-electron chi connectivity index (χ2n) is 7.38. The summed E-state index contributed by atoms with van der Waals surface area (Å²) < 4.78 is 42.2. The Morgan fingerprint density at radius 1 is 1.31 bits per heavy atom. The Hall–Kier alpha value is -2.39. The van der Waals surface area contributed by atoms with Crippen LogP contribution in [0.1, 0.15) is 49.0 Å². The lowest BCUT2D eigenvalue weighted by atomic mass is 9.83. The van der Waals surface area contributed by atoms with Crippen molar-refractivity contribution in [1.29, 1.82) is 0 Å². The minimum absolute atomic E-state index is 0.0971. The number of hydrogen-bond acceptors (Lipinski definition) is 4. The summed E-state index contributed by atoms with van der Waals surface area (Å²) in [6.07, 6.45) is -0.860. The first-order valence-corrected chi connectivity index (χ1v) is 9.56. The standard InChI is InChI=1S/C19H19ClF3N5O/c1-3-18(24,10-4-7-13(14(20)8-10)19(21,22)23)16-12-9-25-28(11-5-6-11)17(29)15(12)26-27(16)2/h4,7-9,11H,3,5-6,24H2,1-2H3/t18-/m1/s1. The second kappa shape index (κ2) is 6.56. The Bertz CT molecular complexity index is 1170. The average molecular weight is 426 g/mol. The SMILES string of the molecule is CC[C@@](N)(c1ccc(C(F)(F)F)c(Cl)c1)c1c2cnn(C3CC3)c(=O)c2nn1C. The van der Waals surface area contributed by atoms with E-state index >= 15 is 0 Å². The molecule has 4 rings (SSSR count). The average Bonchev–Trinajstić information content (AvgIpc) is 3.42. The van der Waals surface area contributed by atoms with Crippen molar-refractivity contribution in [3.05, 3.63) is 56.6 Å². The molecule has 6 nitrogen and oxygen atoms in total. The number of benzene rings is 1. The van der Waals surface area contributed by atoms with Gasteiger partial charge >= 0.3 is 6.18 Å². The number of alkyl halides is 3. The molecule has 0 aliphatic heterocycles. The zero-order chi connectivity index (χ0) is 21.1. The smallest absolute Gasteiger partial charge is 0.316 e. The van der Waals surface area contributed by atoms with Crippen molar-refractivity contribution in [1.82, 2.24) is 19.6 Å². The summed E-state index contributed by atoms with van der Waals surface area (Å²) in [5.74, 6) is 0. The topological polar surface area (TPSA) is 78.7 Å². The molecule has 1 aliphatic carbocycles. The van der Waals surface area contributed by atoms with E-state index in [9.17, 15) is 18.0 Å². The minimum Gasteiger partial charge on any atom is -0.316 e. The van der Waals surface area contributed by atoms with Crippen LogP contribution < -0.4 is 11.3 Å². The third kappa shape index (κ3) is 3.12. The Morgan fingerprint density at radius 3 is 2.55 bits per heavy atom. The minimum atomic E-state index is -4.56. The van der Waals surface area contributed by atoms with E-state index < -0.39 is 22.3 Å². The molecular formula is C19H19ClF3N5O. The number of nitrogens with zero attached hydrogens (tertiary/aromatic N) is 4. The highest BCUT2D eigenvalue weighted by molar-refractivity contribution is 6.31. The molecule has 0 unspecified atom stereocenters. The molecule has 1 aliphatic rings. The molecule has 1 atom stereocenters. The van der Waals surface area contributed by atoms with E-state index in [1.165, 1.54) is 21.5 Å². The van der Waals surface area contributed by atoms with Crippen LogP contribution in [-0.4, -0.2) is 19.6 Å². The van der Waals surface area contributed by atoms with E-state index in [0.717, 1.165) is 18.9 Å². The highest BCUT2D eigenvalue weighted by Gasteiger charge is 2.38. The van der Waals surface area contributed by atoms with Crippen LogP contribution in [0.15, 0.2) is 29.2 Å². The van der Waals surface area contributed by atoms with Crippen molar-refractivity contribution in [2.24, 2.45) is 12.8 Å².